The maximum absolute atomic E-state index is 13.3. The first-order valence-electron chi connectivity index (χ1n) is 16.8. The number of carbonyl (C=O) groups is 3. The fraction of sp³-hybridized carbons (Fsp3) is 0.571. The van der Waals surface area contributed by atoms with Crippen molar-refractivity contribution in [3.8, 4) is 11.1 Å². The van der Waals surface area contributed by atoms with Crippen molar-refractivity contribution in [1.29, 1.82) is 0 Å². The Labute approximate surface area is 276 Å². The number of carbonyl (C=O) groups excluding carboxylic acids is 3. The minimum Gasteiger partial charge on any atom is -0.449 e. The van der Waals surface area contributed by atoms with Crippen LogP contribution < -0.4 is 16.4 Å². The number of benzene rings is 2. The summed E-state index contributed by atoms with van der Waals surface area (Å²) in [5.41, 5.74) is 9.86. The summed E-state index contributed by atoms with van der Waals surface area (Å²) in [4.78, 5) is 39.1. The van der Waals surface area contributed by atoms with Gasteiger partial charge in [0.25, 0.3) is 5.91 Å². The summed E-state index contributed by atoms with van der Waals surface area (Å²) < 4.78 is 16.5. The summed E-state index contributed by atoms with van der Waals surface area (Å²) in [7, 11) is 0. The van der Waals surface area contributed by atoms with Gasteiger partial charge in [0.15, 0.2) is 6.10 Å². The largest absolute Gasteiger partial charge is 0.449 e. The molecule has 7 N–H and O–H groups in total. The lowest BCUT2D eigenvalue weighted by molar-refractivity contribution is -0.283. The molecule has 4 rings (SSSR count). The molecule has 2 aromatic rings. The minimum atomic E-state index is -1.84. The number of unbranched alkanes of at least 4 members (excludes halogenated alkanes) is 6. The van der Waals surface area contributed by atoms with Crippen LogP contribution in [-0.2, 0) is 23.8 Å². The zero-order valence-electron chi connectivity index (χ0n) is 27.0. The number of nitrogens with two attached hydrogens (primary N) is 1. The fourth-order valence-corrected chi connectivity index (χ4v) is 6.10. The predicted molar refractivity (Wildman–Crippen MR) is 174 cm³/mol. The predicted octanol–water partition coefficient (Wildman–Crippen LogP) is 2.85. The van der Waals surface area contributed by atoms with Gasteiger partial charge in [-0.3, -0.25) is 4.79 Å². The van der Waals surface area contributed by atoms with Gasteiger partial charge < -0.3 is 45.9 Å². The molecule has 1 fully saturated rings. The maximum Gasteiger partial charge on any atom is 0.407 e. The van der Waals surface area contributed by atoms with Gasteiger partial charge >= 0.3 is 12.1 Å². The van der Waals surface area contributed by atoms with Crippen molar-refractivity contribution < 1.29 is 43.9 Å². The molecule has 12 heteroatoms. The van der Waals surface area contributed by atoms with Crippen LogP contribution in [-0.4, -0.2) is 89.7 Å². The molecule has 6 atom stereocenters. The van der Waals surface area contributed by atoms with Crippen molar-refractivity contribution >= 4 is 18.0 Å². The Morgan fingerprint density at radius 1 is 0.851 bits per heavy atom. The molecular weight excluding hydrogens is 606 g/mol. The van der Waals surface area contributed by atoms with E-state index in [-0.39, 0.29) is 18.9 Å². The smallest absolute Gasteiger partial charge is 0.407 e. The molecule has 0 radical (unpaired) electrons. The standard InChI is InChI=1S/C35H49N3O9/c1-2-3-4-5-6-13-20-37-32(42)31-29(40)28(39)30(41)34(46-31)47-33(43)27(18-11-12-19-36)38-35(44)45-21-26-24-16-9-7-14-22(24)23-15-8-10-17-25(23)26/h7-10,14-17,26-31,34,39-41H,2-6,11-13,18-21,36H2,1H3,(H,37,42)(H,38,44)/t27-,28-,29-,30+,31-,34-/m0/s1. The number of alkyl carbamates (subject to hydrolysis) is 1. The normalized spacial score (nSPS) is 22.5. The number of aliphatic hydroxyl groups is 3. The molecule has 0 saturated carbocycles. The Hall–Kier alpha value is -3.55. The zero-order chi connectivity index (χ0) is 33.8. The molecule has 258 valence electrons. The first-order valence-corrected chi connectivity index (χ1v) is 16.8. The number of ether oxygens (including phenoxy) is 3. The van der Waals surface area contributed by atoms with Crippen LogP contribution in [0.25, 0.3) is 11.1 Å². The second kappa shape index (κ2) is 18.1. The van der Waals surface area contributed by atoms with Crippen LogP contribution in [0.15, 0.2) is 48.5 Å². The number of hydrogen-bond acceptors (Lipinski definition) is 10. The molecule has 12 nitrogen and oxygen atoms in total. The van der Waals surface area contributed by atoms with Gasteiger partial charge in [0.05, 0.1) is 0 Å². The number of amides is 2. The van der Waals surface area contributed by atoms with Crippen molar-refractivity contribution in [2.75, 3.05) is 19.7 Å². The van der Waals surface area contributed by atoms with Gasteiger partial charge in [-0.25, -0.2) is 9.59 Å². The minimum absolute atomic E-state index is 0.0362. The van der Waals surface area contributed by atoms with E-state index >= 15 is 0 Å². The third-order valence-electron chi connectivity index (χ3n) is 8.76. The topological polar surface area (TPSA) is 190 Å². The van der Waals surface area contributed by atoms with E-state index in [0.717, 1.165) is 60.8 Å². The van der Waals surface area contributed by atoms with Gasteiger partial charge in [-0.1, -0.05) is 87.6 Å². The highest BCUT2D eigenvalue weighted by atomic mass is 16.7. The molecule has 2 aromatic carbocycles. The lowest BCUT2D eigenvalue weighted by Crippen LogP contribution is -2.62. The van der Waals surface area contributed by atoms with Crippen molar-refractivity contribution in [3.05, 3.63) is 59.7 Å². The van der Waals surface area contributed by atoms with E-state index < -0.39 is 54.7 Å². The van der Waals surface area contributed by atoms with Crippen LogP contribution in [0.2, 0.25) is 0 Å². The Balaban J connectivity index is 1.34. The van der Waals surface area contributed by atoms with Crippen LogP contribution in [0.3, 0.4) is 0 Å². The summed E-state index contributed by atoms with van der Waals surface area (Å²) in [6.45, 7) is 2.88. The van der Waals surface area contributed by atoms with Crippen molar-refractivity contribution in [1.82, 2.24) is 10.6 Å². The van der Waals surface area contributed by atoms with Crippen LogP contribution >= 0.6 is 0 Å². The Kier molecular flexibility index (Phi) is 14.0. The SMILES string of the molecule is CCCCCCCCNC(=O)[C@H]1O[C@@H](OC(=O)[C@H](CCCCN)NC(=O)OCC2c3ccccc3-c3ccccc32)[C@H](O)[C@@H](O)[C@@H]1O. The van der Waals surface area contributed by atoms with Crippen molar-refractivity contribution in [2.45, 2.75) is 107 Å². The average Bonchev–Trinajstić information content (AvgIpc) is 3.40. The lowest BCUT2D eigenvalue weighted by atomic mass is 9.98. The average molecular weight is 656 g/mol. The highest BCUT2D eigenvalue weighted by molar-refractivity contribution is 5.83. The number of aliphatic hydroxyl groups excluding tert-OH is 3. The third-order valence-corrected chi connectivity index (χ3v) is 8.76. The molecule has 0 aromatic heterocycles. The molecular formula is C35H49N3O9. The summed E-state index contributed by atoms with van der Waals surface area (Å²) in [5, 5.41) is 36.7. The zero-order valence-corrected chi connectivity index (χ0v) is 27.0. The van der Waals surface area contributed by atoms with E-state index in [1.54, 1.807) is 0 Å². The van der Waals surface area contributed by atoms with Crippen molar-refractivity contribution in [3.63, 3.8) is 0 Å². The van der Waals surface area contributed by atoms with Gasteiger partial charge in [-0.2, -0.15) is 0 Å². The van der Waals surface area contributed by atoms with E-state index in [0.29, 0.717) is 25.9 Å². The lowest BCUT2D eigenvalue weighted by Gasteiger charge is -2.39. The van der Waals surface area contributed by atoms with Gasteiger partial charge in [-0.15, -0.1) is 0 Å². The monoisotopic (exact) mass is 655 g/mol. The van der Waals surface area contributed by atoms with E-state index in [1.807, 2.05) is 48.5 Å². The van der Waals surface area contributed by atoms with E-state index in [9.17, 15) is 29.7 Å². The van der Waals surface area contributed by atoms with Crippen LogP contribution in [0.5, 0.6) is 0 Å². The molecule has 1 heterocycles. The molecule has 1 aliphatic heterocycles. The van der Waals surface area contributed by atoms with Gasteiger partial charge in [0.2, 0.25) is 6.29 Å². The molecule has 2 aliphatic rings. The number of rotatable bonds is 17. The van der Waals surface area contributed by atoms with Crippen molar-refractivity contribution in [2.24, 2.45) is 5.73 Å². The summed E-state index contributed by atoms with van der Waals surface area (Å²) >= 11 is 0. The number of esters is 1. The molecule has 2 amide bonds. The summed E-state index contributed by atoms with van der Waals surface area (Å²) in [5.74, 6) is -1.85. The van der Waals surface area contributed by atoms with Crippen LogP contribution in [0.4, 0.5) is 4.79 Å². The fourth-order valence-electron chi connectivity index (χ4n) is 6.10. The van der Waals surface area contributed by atoms with Gasteiger partial charge in [0, 0.05) is 12.5 Å². The first kappa shape index (κ1) is 36.3. The van der Waals surface area contributed by atoms with E-state index in [2.05, 4.69) is 17.6 Å². The Morgan fingerprint density at radius 3 is 2.15 bits per heavy atom. The quantitative estimate of drug-likeness (QED) is 0.109. The Bertz CT molecular complexity index is 1280. The highest BCUT2D eigenvalue weighted by Gasteiger charge is 2.48. The molecule has 1 saturated heterocycles. The summed E-state index contributed by atoms with van der Waals surface area (Å²) in [6, 6.07) is 14.6. The highest BCUT2D eigenvalue weighted by Crippen LogP contribution is 2.44. The molecule has 0 spiro atoms. The molecule has 0 unspecified atom stereocenters. The number of nitrogens with one attached hydrogen (secondary N) is 2. The second-order valence-corrected chi connectivity index (χ2v) is 12.2. The van der Waals surface area contributed by atoms with Gasteiger partial charge in [0.1, 0.15) is 31.0 Å². The van der Waals surface area contributed by atoms with E-state index in [1.165, 1.54) is 0 Å². The third kappa shape index (κ3) is 9.51. The van der Waals surface area contributed by atoms with Crippen LogP contribution in [0.1, 0.15) is 81.8 Å². The first-order chi connectivity index (χ1) is 22.8. The van der Waals surface area contributed by atoms with E-state index in [4.69, 9.17) is 19.9 Å². The van der Waals surface area contributed by atoms with Crippen LogP contribution in [0, 0.1) is 0 Å². The molecule has 47 heavy (non-hydrogen) atoms. The number of hydrogen-bond donors (Lipinski definition) is 6. The Morgan fingerprint density at radius 2 is 1.49 bits per heavy atom. The molecule has 1 aliphatic carbocycles. The second-order valence-electron chi connectivity index (χ2n) is 12.2. The van der Waals surface area contributed by atoms with Gasteiger partial charge in [-0.05, 0) is 54.5 Å². The molecule has 0 bridgehead atoms. The maximum atomic E-state index is 13.3. The summed E-state index contributed by atoms with van der Waals surface area (Å²) in [6.07, 6.45) is -2.29. The number of fused-ring (bicyclic) bond motifs is 3.